The molecule has 4 aromatic rings. The van der Waals surface area contributed by atoms with E-state index in [1.54, 1.807) is 49.5 Å². The van der Waals surface area contributed by atoms with Gasteiger partial charge in [-0.1, -0.05) is 60.1 Å². The maximum atomic E-state index is 12.9. The molecule has 0 radical (unpaired) electrons. The molecule has 0 spiro atoms. The van der Waals surface area contributed by atoms with Gasteiger partial charge in [0, 0.05) is 40.5 Å². The number of nitrogens with one attached hydrogen (secondary N) is 2. The van der Waals surface area contributed by atoms with Gasteiger partial charge in [0.25, 0.3) is 0 Å². The molecule has 8 nitrogen and oxygen atoms in total. The molecule has 0 unspecified atom stereocenters. The van der Waals surface area contributed by atoms with Crippen LogP contribution in [0.4, 0.5) is 11.4 Å². The van der Waals surface area contributed by atoms with Crippen molar-refractivity contribution in [2.45, 2.75) is 13.5 Å². The van der Waals surface area contributed by atoms with Gasteiger partial charge in [-0.3, -0.25) is 14.4 Å². The molecule has 214 valence electrons. The molecule has 3 aromatic carbocycles. The number of para-hydroxylation sites is 1. The number of rotatable bonds is 10. The maximum Gasteiger partial charge on any atom is 0.247 e. The first-order valence-corrected chi connectivity index (χ1v) is 13.6. The summed E-state index contributed by atoms with van der Waals surface area (Å²) in [7, 11) is 1.56. The van der Waals surface area contributed by atoms with Crippen LogP contribution >= 0.6 is 23.2 Å². The number of likely N-dealkylation sites (N-methyl/N-ethyl adjacent to an activating group) is 1. The van der Waals surface area contributed by atoms with Gasteiger partial charge in [-0.25, -0.2) is 4.98 Å². The fourth-order valence-electron chi connectivity index (χ4n) is 3.98. The van der Waals surface area contributed by atoms with Crippen LogP contribution in [-0.4, -0.2) is 36.3 Å². The number of pyridine rings is 1. The summed E-state index contributed by atoms with van der Waals surface area (Å²) in [5, 5.41) is 6.82. The fourth-order valence-corrected chi connectivity index (χ4v) is 4.58. The van der Waals surface area contributed by atoms with Gasteiger partial charge in [-0.05, 0) is 61.0 Å². The van der Waals surface area contributed by atoms with E-state index in [9.17, 15) is 14.4 Å². The van der Waals surface area contributed by atoms with Gasteiger partial charge in [0.05, 0.1) is 17.3 Å². The predicted molar refractivity (Wildman–Crippen MR) is 168 cm³/mol. The normalized spacial score (nSPS) is 10.9. The van der Waals surface area contributed by atoms with Crippen molar-refractivity contribution in [1.82, 2.24) is 10.3 Å². The van der Waals surface area contributed by atoms with Crippen LogP contribution < -0.4 is 20.3 Å². The number of carbonyl (C=O) groups is 3. The lowest BCUT2D eigenvalue weighted by Gasteiger charge is -2.21. The molecular weight excluding hydrogens is 575 g/mol. The minimum absolute atomic E-state index is 0.0609. The molecule has 42 heavy (non-hydrogen) atoms. The number of ether oxygens (including phenoxy) is 1. The molecule has 0 fully saturated rings. The van der Waals surface area contributed by atoms with E-state index >= 15 is 0 Å². The number of anilines is 2. The third-order valence-electron chi connectivity index (χ3n) is 6.30. The highest BCUT2D eigenvalue weighted by atomic mass is 35.5. The van der Waals surface area contributed by atoms with Crippen LogP contribution in [0.15, 0.2) is 85.5 Å². The molecule has 10 heteroatoms. The van der Waals surface area contributed by atoms with E-state index in [-0.39, 0.29) is 30.0 Å². The number of amides is 3. The summed E-state index contributed by atoms with van der Waals surface area (Å²) in [6.45, 7) is 5.13. The Morgan fingerprint density at radius 2 is 1.76 bits per heavy atom. The van der Waals surface area contributed by atoms with Crippen molar-refractivity contribution in [1.29, 1.82) is 0 Å². The zero-order valence-electron chi connectivity index (χ0n) is 23.0. The third kappa shape index (κ3) is 7.54. The Morgan fingerprint density at radius 1 is 1.00 bits per heavy atom. The fraction of sp³-hybridized carbons (Fsp3) is 0.125. The van der Waals surface area contributed by atoms with Crippen molar-refractivity contribution in [3.8, 4) is 5.75 Å². The second kappa shape index (κ2) is 13.8. The number of hydrogen-bond acceptors (Lipinski definition) is 5. The highest BCUT2D eigenvalue weighted by Gasteiger charge is 2.19. The Hall–Kier alpha value is -4.66. The second-order valence-corrected chi connectivity index (χ2v) is 10.0. The van der Waals surface area contributed by atoms with E-state index in [0.29, 0.717) is 27.7 Å². The topological polar surface area (TPSA) is 101 Å². The highest BCUT2D eigenvalue weighted by Crippen LogP contribution is 2.35. The molecular formula is C32H28Cl2N4O4. The molecule has 2 N–H and O–H groups in total. The molecule has 1 aromatic heterocycles. The summed E-state index contributed by atoms with van der Waals surface area (Å²) >= 11 is 13.1. The van der Waals surface area contributed by atoms with Crippen molar-refractivity contribution in [2.24, 2.45) is 0 Å². The van der Waals surface area contributed by atoms with Crippen LogP contribution in [0.5, 0.6) is 5.75 Å². The molecule has 0 atom stereocenters. The lowest BCUT2D eigenvalue weighted by molar-refractivity contribution is -0.122. The summed E-state index contributed by atoms with van der Waals surface area (Å²) in [6.07, 6.45) is 4.09. The average molecular weight is 604 g/mol. The van der Waals surface area contributed by atoms with Crippen LogP contribution in [-0.2, 0) is 21.0 Å². The smallest absolute Gasteiger partial charge is 0.247 e. The molecule has 3 amide bonds. The molecule has 4 rings (SSSR count). The van der Waals surface area contributed by atoms with Crippen molar-refractivity contribution in [3.05, 3.63) is 112 Å². The lowest BCUT2D eigenvalue weighted by atomic mass is 10.1. The number of benzene rings is 3. The van der Waals surface area contributed by atoms with Gasteiger partial charge in [0.2, 0.25) is 17.7 Å². The number of nitrogens with zero attached hydrogens (tertiary/aromatic N) is 2. The minimum atomic E-state index is -0.448. The van der Waals surface area contributed by atoms with Crippen LogP contribution in [0.1, 0.15) is 16.8 Å². The molecule has 0 saturated carbocycles. The van der Waals surface area contributed by atoms with Gasteiger partial charge in [-0.2, -0.15) is 0 Å². The van der Waals surface area contributed by atoms with Crippen LogP contribution in [0.3, 0.4) is 0 Å². The average Bonchev–Trinajstić information content (AvgIpc) is 2.99. The quantitative estimate of drug-likeness (QED) is 0.206. The number of halogens is 2. The first-order valence-electron chi connectivity index (χ1n) is 12.9. The van der Waals surface area contributed by atoms with Gasteiger partial charge in [-0.15, -0.1) is 0 Å². The second-order valence-electron chi connectivity index (χ2n) is 9.25. The zero-order valence-corrected chi connectivity index (χ0v) is 24.5. The Labute approximate surface area is 253 Å². The number of aryl methyl sites for hydroxylation is 1. The zero-order chi connectivity index (χ0) is 30.2. The maximum absolute atomic E-state index is 12.9. The standard InChI is InChI=1S/C32H28Cl2N4O4/c1-4-28(39)37-23-13-9-21(10-14-23)11-17-29(40)35-18-30(41)38(3)26-16-15-25(33)24(31(26)34)19-42-27-7-5-6-22-12-8-20(2)36-32(22)27/h4-17H,1,18-19H2,2-3H3,(H,35,40)(H,37,39). The molecule has 0 aliphatic heterocycles. The van der Waals surface area contributed by atoms with E-state index in [0.717, 1.165) is 22.2 Å². The molecule has 1 heterocycles. The van der Waals surface area contributed by atoms with E-state index in [1.165, 1.54) is 17.1 Å². The highest BCUT2D eigenvalue weighted by molar-refractivity contribution is 6.38. The number of fused-ring (bicyclic) bond motifs is 1. The molecule has 0 aliphatic carbocycles. The Kier molecular flexibility index (Phi) is 9.96. The SMILES string of the molecule is C=CC(=O)Nc1ccc(C=CC(=O)NCC(=O)N(C)c2ccc(Cl)c(COc3cccc4ccc(C)nc34)c2Cl)cc1. The van der Waals surface area contributed by atoms with Gasteiger partial charge >= 0.3 is 0 Å². The molecule has 0 bridgehead atoms. The van der Waals surface area contributed by atoms with Gasteiger partial charge < -0.3 is 20.3 Å². The van der Waals surface area contributed by atoms with Crippen molar-refractivity contribution in [3.63, 3.8) is 0 Å². The first kappa shape index (κ1) is 30.3. The number of carbonyl (C=O) groups excluding carboxylic acids is 3. The van der Waals surface area contributed by atoms with E-state index in [2.05, 4.69) is 22.2 Å². The van der Waals surface area contributed by atoms with E-state index in [4.69, 9.17) is 27.9 Å². The summed E-state index contributed by atoms with van der Waals surface area (Å²) < 4.78 is 6.07. The van der Waals surface area contributed by atoms with Crippen molar-refractivity contribution >= 4 is 69.3 Å². The van der Waals surface area contributed by atoms with Crippen LogP contribution in [0.2, 0.25) is 10.0 Å². The summed E-state index contributed by atoms with van der Waals surface area (Å²) in [5.41, 5.74) is 3.87. The molecule has 0 aliphatic rings. The summed E-state index contributed by atoms with van der Waals surface area (Å²) in [4.78, 5) is 42.5. The first-order chi connectivity index (χ1) is 20.2. The van der Waals surface area contributed by atoms with Gasteiger partial charge in [0.15, 0.2) is 0 Å². The Balaban J connectivity index is 1.37. The Morgan fingerprint density at radius 3 is 2.50 bits per heavy atom. The summed E-state index contributed by atoms with van der Waals surface area (Å²) in [6, 6.07) is 19.7. The monoisotopic (exact) mass is 602 g/mol. The number of hydrogen-bond donors (Lipinski definition) is 2. The summed E-state index contributed by atoms with van der Waals surface area (Å²) in [5.74, 6) is -0.561. The van der Waals surface area contributed by atoms with Gasteiger partial charge in [0.1, 0.15) is 17.9 Å². The van der Waals surface area contributed by atoms with E-state index < -0.39 is 5.91 Å². The third-order valence-corrected chi connectivity index (χ3v) is 7.08. The predicted octanol–water partition coefficient (Wildman–Crippen LogP) is 6.35. The van der Waals surface area contributed by atoms with Crippen LogP contribution in [0.25, 0.3) is 17.0 Å². The lowest BCUT2D eigenvalue weighted by Crippen LogP contribution is -2.37. The number of aromatic nitrogens is 1. The van der Waals surface area contributed by atoms with Crippen molar-refractivity contribution in [2.75, 3.05) is 23.8 Å². The minimum Gasteiger partial charge on any atom is -0.487 e. The van der Waals surface area contributed by atoms with E-state index in [1.807, 2.05) is 37.3 Å². The van der Waals surface area contributed by atoms with Crippen LogP contribution in [0, 0.1) is 6.92 Å². The molecule has 0 saturated heterocycles. The van der Waals surface area contributed by atoms with Crippen molar-refractivity contribution < 1.29 is 19.1 Å². The Bertz CT molecular complexity index is 1690. The largest absolute Gasteiger partial charge is 0.487 e.